The second-order valence-electron chi connectivity index (χ2n) is 7.91. The molecule has 0 radical (unpaired) electrons. The molecular weight excluding hydrogens is 438 g/mol. The number of carbonyl (C=O) groups excluding carboxylic acids is 2. The molecule has 1 aliphatic rings. The van der Waals surface area contributed by atoms with Crippen LogP contribution in [0.3, 0.4) is 0 Å². The van der Waals surface area contributed by atoms with Gasteiger partial charge in [0.25, 0.3) is 5.56 Å². The number of hydrogen-bond acceptors (Lipinski definition) is 7. The first-order valence-corrected chi connectivity index (χ1v) is 10.6. The number of ketones is 1. The van der Waals surface area contributed by atoms with E-state index < -0.39 is 18.1 Å². The molecule has 2 aromatic carbocycles. The highest BCUT2D eigenvalue weighted by Crippen LogP contribution is 2.35. The molecule has 0 unspecified atom stereocenters. The molecule has 0 fully saturated rings. The molecule has 1 aliphatic heterocycles. The van der Waals surface area contributed by atoms with Crippen LogP contribution in [0.4, 0.5) is 0 Å². The fourth-order valence-corrected chi connectivity index (χ4v) is 4.14. The van der Waals surface area contributed by atoms with E-state index in [0.29, 0.717) is 33.8 Å². The number of aryl methyl sites for hydroxylation is 1. The normalized spacial score (nSPS) is 12.2. The summed E-state index contributed by atoms with van der Waals surface area (Å²) < 4.78 is 19.2. The highest BCUT2D eigenvalue weighted by molar-refractivity contribution is 5.99. The number of esters is 1. The number of ether oxygens (including phenoxy) is 3. The van der Waals surface area contributed by atoms with Crippen LogP contribution in [0.15, 0.2) is 59.5 Å². The fraction of sp³-hybridized carbons (Fsp3) is 0.200. The summed E-state index contributed by atoms with van der Waals surface area (Å²) in [7, 11) is 0. The number of nitrogens with zero attached hydrogens (tertiary/aromatic N) is 3. The molecule has 0 aliphatic carbocycles. The zero-order chi connectivity index (χ0) is 23.8. The third kappa shape index (κ3) is 3.81. The Bertz CT molecular complexity index is 1500. The Morgan fingerprint density at radius 1 is 1.06 bits per heavy atom. The van der Waals surface area contributed by atoms with E-state index in [1.165, 1.54) is 4.57 Å². The van der Waals surface area contributed by atoms with Crippen molar-refractivity contribution in [3.05, 3.63) is 82.0 Å². The second kappa shape index (κ2) is 8.51. The average molecular weight is 459 g/mol. The van der Waals surface area contributed by atoms with Crippen molar-refractivity contribution in [2.24, 2.45) is 0 Å². The summed E-state index contributed by atoms with van der Waals surface area (Å²) >= 11 is 0. The first-order chi connectivity index (χ1) is 16.4. The van der Waals surface area contributed by atoms with Crippen molar-refractivity contribution in [3.8, 4) is 17.2 Å². The Labute approximate surface area is 194 Å². The number of fused-ring (bicyclic) bond motifs is 2. The summed E-state index contributed by atoms with van der Waals surface area (Å²) in [5.74, 6) is 0.304. The lowest BCUT2D eigenvalue weighted by Crippen LogP contribution is -2.27. The highest BCUT2D eigenvalue weighted by atomic mass is 16.7. The summed E-state index contributed by atoms with van der Waals surface area (Å²) in [6.45, 7) is 3.16. The van der Waals surface area contributed by atoms with Crippen molar-refractivity contribution >= 4 is 22.8 Å². The van der Waals surface area contributed by atoms with E-state index in [4.69, 9.17) is 14.2 Å². The van der Waals surface area contributed by atoms with Crippen LogP contribution in [0, 0.1) is 13.8 Å². The number of Topliss-reactive ketones (excluding diaryl/α,β-unsaturated/α-hetero) is 1. The van der Waals surface area contributed by atoms with Gasteiger partial charge >= 0.3 is 5.97 Å². The van der Waals surface area contributed by atoms with Gasteiger partial charge in [-0.25, -0.2) is 4.98 Å². The van der Waals surface area contributed by atoms with Gasteiger partial charge in [0.15, 0.2) is 18.1 Å². The van der Waals surface area contributed by atoms with Crippen molar-refractivity contribution in [2.45, 2.75) is 20.4 Å². The smallest absolute Gasteiger partial charge is 0.326 e. The molecule has 0 bridgehead atoms. The molecule has 0 saturated heterocycles. The maximum absolute atomic E-state index is 12.9. The lowest BCUT2D eigenvalue weighted by molar-refractivity contribution is -0.143. The van der Waals surface area contributed by atoms with Crippen LogP contribution in [0.1, 0.15) is 21.7 Å². The van der Waals surface area contributed by atoms with E-state index in [2.05, 4.69) is 4.98 Å². The molecular formula is C25H21N3O6. The quantitative estimate of drug-likeness (QED) is 0.323. The molecule has 0 spiro atoms. The van der Waals surface area contributed by atoms with E-state index in [0.717, 1.165) is 17.6 Å². The van der Waals surface area contributed by atoms with Crippen molar-refractivity contribution in [1.82, 2.24) is 14.1 Å². The predicted octanol–water partition coefficient (Wildman–Crippen LogP) is 2.96. The van der Waals surface area contributed by atoms with E-state index in [1.54, 1.807) is 30.3 Å². The predicted molar refractivity (Wildman–Crippen MR) is 123 cm³/mol. The van der Waals surface area contributed by atoms with Crippen LogP contribution in [0.2, 0.25) is 0 Å². The number of para-hydroxylation sites is 2. The number of aromatic nitrogens is 3. The lowest BCUT2D eigenvalue weighted by atomic mass is 10.1. The van der Waals surface area contributed by atoms with Gasteiger partial charge in [-0.1, -0.05) is 12.1 Å². The molecule has 0 N–H and O–H groups in total. The molecule has 9 nitrogen and oxygen atoms in total. The van der Waals surface area contributed by atoms with E-state index >= 15 is 0 Å². The third-order valence-corrected chi connectivity index (χ3v) is 5.75. The van der Waals surface area contributed by atoms with E-state index in [1.807, 2.05) is 36.6 Å². The van der Waals surface area contributed by atoms with Gasteiger partial charge in [0.2, 0.25) is 12.6 Å². The maximum Gasteiger partial charge on any atom is 0.326 e. The molecule has 9 heteroatoms. The highest BCUT2D eigenvalue weighted by Gasteiger charge is 2.21. The molecule has 4 aromatic rings. The summed E-state index contributed by atoms with van der Waals surface area (Å²) in [6.07, 6.45) is 1.16. The summed E-state index contributed by atoms with van der Waals surface area (Å²) in [5.41, 5.74) is 3.53. The zero-order valence-electron chi connectivity index (χ0n) is 18.6. The van der Waals surface area contributed by atoms with Gasteiger partial charge in [-0.3, -0.25) is 19.0 Å². The van der Waals surface area contributed by atoms with Gasteiger partial charge in [0.1, 0.15) is 6.54 Å². The standard InChI is InChI=1S/C25H21N3O6/c1-15-9-18(16(2)28(15)17-7-8-22-23(10-17)34-14-33-22)21(29)13-32-25(31)12-27-20-6-4-3-5-19(20)26-11-24(27)30/h3-11H,12-14H2,1-2H3. The van der Waals surface area contributed by atoms with Gasteiger partial charge in [0.05, 0.1) is 17.2 Å². The Hall–Kier alpha value is -4.40. The van der Waals surface area contributed by atoms with Gasteiger partial charge in [-0.15, -0.1) is 0 Å². The summed E-state index contributed by atoms with van der Waals surface area (Å²) in [5, 5.41) is 0. The van der Waals surface area contributed by atoms with Gasteiger partial charge in [-0.2, -0.15) is 0 Å². The van der Waals surface area contributed by atoms with Crippen molar-refractivity contribution in [1.29, 1.82) is 0 Å². The Morgan fingerprint density at radius 3 is 2.71 bits per heavy atom. The monoisotopic (exact) mass is 459 g/mol. The van der Waals surface area contributed by atoms with Crippen LogP contribution in [-0.2, 0) is 16.1 Å². The third-order valence-electron chi connectivity index (χ3n) is 5.75. The molecule has 172 valence electrons. The minimum Gasteiger partial charge on any atom is -0.456 e. The van der Waals surface area contributed by atoms with Gasteiger partial charge in [-0.05, 0) is 44.2 Å². The molecule has 0 amide bonds. The number of carbonyl (C=O) groups is 2. The minimum atomic E-state index is -0.684. The van der Waals surface area contributed by atoms with E-state index in [-0.39, 0.29) is 19.1 Å². The van der Waals surface area contributed by atoms with Crippen molar-refractivity contribution in [3.63, 3.8) is 0 Å². The van der Waals surface area contributed by atoms with Crippen LogP contribution < -0.4 is 15.0 Å². The molecule has 0 atom stereocenters. The molecule has 0 saturated carbocycles. The number of hydrogen-bond donors (Lipinski definition) is 0. The summed E-state index contributed by atoms with van der Waals surface area (Å²) in [6, 6.07) is 14.3. The minimum absolute atomic E-state index is 0.180. The molecule has 34 heavy (non-hydrogen) atoms. The molecule has 3 heterocycles. The van der Waals surface area contributed by atoms with Gasteiger partial charge < -0.3 is 18.8 Å². The van der Waals surface area contributed by atoms with Crippen LogP contribution in [-0.4, -0.2) is 39.3 Å². The largest absolute Gasteiger partial charge is 0.456 e. The van der Waals surface area contributed by atoms with Crippen LogP contribution in [0.25, 0.3) is 16.7 Å². The zero-order valence-corrected chi connectivity index (χ0v) is 18.6. The Balaban J connectivity index is 1.31. The van der Waals surface area contributed by atoms with Crippen LogP contribution >= 0.6 is 0 Å². The topological polar surface area (TPSA) is 102 Å². The van der Waals surface area contributed by atoms with Gasteiger partial charge in [0, 0.05) is 28.7 Å². The fourth-order valence-electron chi connectivity index (χ4n) is 4.14. The molecule has 2 aromatic heterocycles. The van der Waals surface area contributed by atoms with Crippen molar-refractivity contribution < 1.29 is 23.8 Å². The first-order valence-electron chi connectivity index (χ1n) is 10.6. The lowest BCUT2D eigenvalue weighted by Gasteiger charge is -2.11. The van der Waals surface area contributed by atoms with Crippen LogP contribution in [0.5, 0.6) is 11.5 Å². The van der Waals surface area contributed by atoms with E-state index in [9.17, 15) is 14.4 Å². The Morgan fingerprint density at radius 2 is 1.85 bits per heavy atom. The Kier molecular flexibility index (Phi) is 5.37. The SMILES string of the molecule is Cc1cc(C(=O)COC(=O)Cn2c(=O)cnc3ccccc32)c(C)n1-c1ccc2c(c1)OCO2. The number of rotatable bonds is 6. The maximum atomic E-state index is 12.9. The average Bonchev–Trinajstić information content (AvgIpc) is 3.42. The number of benzene rings is 2. The first kappa shape index (κ1) is 21.4. The summed E-state index contributed by atoms with van der Waals surface area (Å²) in [4.78, 5) is 41.6. The molecule has 5 rings (SSSR count). The second-order valence-corrected chi connectivity index (χ2v) is 7.91. The van der Waals surface area contributed by atoms with Crippen molar-refractivity contribution in [2.75, 3.05) is 13.4 Å².